The van der Waals surface area contributed by atoms with Gasteiger partial charge >= 0.3 is 11.5 Å². The van der Waals surface area contributed by atoms with Crippen LogP contribution in [0.2, 0.25) is 0 Å². The van der Waals surface area contributed by atoms with Gasteiger partial charge in [0.1, 0.15) is 6.04 Å². The van der Waals surface area contributed by atoms with Crippen molar-refractivity contribution in [2.75, 3.05) is 18.8 Å². The van der Waals surface area contributed by atoms with Crippen molar-refractivity contribution in [3.63, 3.8) is 0 Å². The number of thioether (sulfide) groups is 1. The summed E-state index contributed by atoms with van der Waals surface area (Å²) in [6.45, 7) is 0.760. The molecule has 1 aliphatic heterocycles. The molecule has 1 N–H and O–H groups in total. The highest BCUT2D eigenvalue weighted by atomic mass is 32.2. The van der Waals surface area contributed by atoms with E-state index in [-0.39, 0.29) is 24.1 Å². The number of hydrogen-bond acceptors (Lipinski definition) is 3. The highest BCUT2D eigenvalue weighted by molar-refractivity contribution is 8.00. The van der Waals surface area contributed by atoms with Crippen LogP contribution in [-0.4, -0.2) is 46.4 Å². The molecule has 7 heteroatoms. The van der Waals surface area contributed by atoms with Gasteiger partial charge in [0.25, 0.3) is 0 Å². The number of carbonyl (C=O) groups is 1. The number of carboxylic acid groups (broad SMARTS) is 1. The number of nitrogens with zero attached hydrogens (tertiary/aromatic N) is 1. The third-order valence-electron chi connectivity index (χ3n) is 2.29. The molecule has 1 aliphatic rings. The zero-order valence-corrected chi connectivity index (χ0v) is 8.77. The van der Waals surface area contributed by atoms with Crippen molar-refractivity contribution in [3.8, 4) is 0 Å². The van der Waals surface area contributed by atoms with Gasteiger partial charge in [-0.25, -0.2) is 0 Å². The predicted octanol–water partition coefficient (Wildman–Crippen LogP) is 1.79. The number of hydrogen-bond donors (Lipinski definition) is 1. The van der Waals surface area contributed by atoms with Gasteiger partial charge in [-0.3, -0.25) is 9.69 Å². The molecule has 0 aromatic carbocycles. The molecule has 15 heavy (non-hydrogen) atoms. The fourth-order valence-electron chi connectivity index (χ4n) is 1.65. The van der Waals surface area contributed by atoms with Crippen LogP contribution in [0.5, 0.6) is 0 Å². The van der Waals surface area contributed by atoms with Crippen molar-refractivity contribution >= 4 is 17.7 Å². The van der Waals surface area contributed by atoms with Crippen molar-refractivity contribution < 1.29 is 23.1 Å². The van der Waals surface area contributed by atoms with Gasteiger partial charge in [-0.05, 0) is 31.1 Å². The molecule has 0 radical (unpaired) electrons. The van der Waals surface area contributed by atoms with Gasteiger partial charge in [0.05, 0.1) is 0 Å². The van der Waals surface area contributed by atoms with Gasteiger partial charge in [-0.1, -0.05) is 0 Å². The molecule has 0 aromatic rings. The first-order valence-corrected chi connectivity index (χ1v) is 5.56. The smallest absolute Gasteiger partial charge is 0.441 e. The molecule has 0 spiro atoms. The van der Waals surface area contributed by atoms with Crippen LogP contribution in [0.15, 0.2) is 0 Å². The van der Waals surface area contributed by atoms with Crippen LogP contribution in [0.25, 0.3) is 0 Å². The summed E-state index contributed by atoms with van der Waals surface area (Å²) in [5.74, 6) is -1.04. The summed E-state index contributed by atoms with van der Waals surface area (Å²) in [5.41, 5.74) is -4.22. The van der Waals surface area contributed by atoms with Crippen LogP contribution in [0, 0.1) is 0 Å². The third kappa shape index (κ3) is 4.29. The standard InChI is InChI=1S/C8H12F3NO2S/c9-8(10,11)15-5-4-12-3-1-2-6(12)7(13)14/h6H,1-5H2,(H,13,14). The Morgan fingerprint density at radius 2 is 2.20 bits per heavy atom. The predicted molar refractivity (Wildman–Crippen MR) is 50.7 cm³/mol. The van der Waals surface area contributed by atoms with Crippen LogP contribution in [0.3, 0.4) is 0 Å². The van der Waals surface area contributed by atoms with Crippen LogP contribution in [0.1, 0.15) is 12.8 Å². The van der Waals surface area contributed by atoms with Crippen LogP contribution in [-0.2, 0) is 4.79 Å². The van der Waals surface area contributed by atoms with Crippen molar-refractivity contribution in [1.29, 1.82) is 0 Å². The monoisotopic (exact) mass is 243 g/mol. The third-order valence-corrected chi connectivity index (χ3v) is 3.01. The number of likely N-dealkylation sites (tertiary alicyclic amines) is 1. The molecule has 1 fully saturated rings. The van der Waals surface area contributed by atoms with Gasteiger partial charge in [-0.15, -0.1) is 0 Å². The molecule has 0 saturated carbocycles. The molecule has 0 aliphatic carbocycles. The minimum absolute atomic E-state index is 0.100. The Balaban J connectivity index is 2.29. The number of halogens is 3. The Hall–Kier alpha value is -0.430. The van der Waals surface area contributed by atoms with Gasteiger partial charge in [-0.2, -0.15) is 13.2 Å². The Morgan fingerprint density at radius 3 is 2.73 bits per heavy atom. The maximum atomic E-state index is 11.8. The first kappa shape index (κ1) is 12.6. The molecule has 3 nitrogen and oxygen atoms in total. The lowest BCUT2D eigenvalue weighted by Gasteiger charge is -2.20. The zero-order chi connectivity index (χ0) is 11.5. The first-order chi connectivity index (χ1) is 6.90. The van der Waals surface area contributed by atoms with Crippen molar-refractivity contribution in [2.24, 2.45) is 0 Å². The zero-order valence-electron chi connectivity index (χ0n) is 7.96. The van der Waals surface area contributed by atoms with Crippen LogP contribution in [0.4, 0.5) is 13.2 Å². The average Bonchev–Trinajstić information content (AvgIpc) is 2.49. The summed E-state index contributed by atoms with van der Waals surface area (Å²) in [4.78, 5) is 12.3. The van der Waals surface area contributed by atoms with E-state index in [0.29, 0.717) is 13.0 Å². The maximum Gasteiger partial charge on any atom is 0.441 e. The molecule has 1 heterocycles. The van der Waals surface area contributed by atoms with E-state index in [0.717, 1.165) is 6.42 Å². The SMILES string of the molecule is O=C(O)C1CCCN1CCSC(F)(F)F. The quantitative estimate of drug-likeness (QED) is 0.817. The molecule has 1 unspecified atom stereocenters. The number of alkyl halides is 3. The summed E-state index contributed by atoms with van der Waals surface area (Å²) in [5, 5.41) is 8.77. The lowest BCUT2D eigenvalue weighted by atomic mass is 10.2. The maximum absolute atomic E-state index is 11.8. The van der Waals surface area contributed by atoms with E-state index in [2.05, 4.69) is 0 Å². The van der Waals surface area contributed by atoms with Crippen molar-refractivity contribution in [2.45, 2.75) is 24.4 Å². The highest BCUT2D eigenvalue weighted by Crippen LogP contribution is 2.30. The largest absolute Gasteiger partial charge is 0.480 e. The van der Waals surface area contributed by atoms with E-state index in [4.69, 9.17) is 5.11 Å². The van der Waals surface area contributed by atoms with E-state index < -0.39 is 17.5 Å². The molecule has 88 valence electrons. The summed E-state index contributed by atoms with van der Waals surface area (Å²) < 4.78 is 35.4. The fraction of sp³-hybridized carbons (Fsp3) is 0.875. The van der Waals surface area contributed by atoms with Gasteiger partial charge in [0.15, 0.2) is 0 Å². The summed E-state index contributed by atoms with van der Waals surface area (Å²) >= 11 is -0.100. The van der Waals surface area contributed by atoms with Crippen LogP contribution < -0.4 is 0 Å². The first-order valence-electron chi connectivity index (χ1n) is 4.58. The lowest BCUT2D eigenvalue weighted by Crippen LogP contribution is -2.37. The lowest BCUT2D eigenvalue weighted by molar-refractivity contribution is -0.142. The number of carboxylic acids is 1. The second-order valence-corrected chi connectivity index (χ2v) is 4.49. The Labute approximate surface area is 89.6 Å². The Kier molecular flexibility index (Phi) is 4.27. The summed E-state index contributed by atoms with van der Waals surface area (Å²) in [6, 6.07) is -0.598. The van der Waals surface area contributed by atoms with Crippen molar-refractivity contribution in [3.05, 3.63) is 0 Å². The fourth-order valence-corrected chi connectivity index (χ4v) is 2.21. The van der Waals surface area contributed by atoms with Gasteiger partial charge in [0, 0.05) is 12.3 Å². The molecule has 0 bridgehead atoms. The van der Waals surface area contributed by atoms with Gasteiger partial charge < -0.3 is 5.11 Å². The Morgan fingerprint density at radius 1 is 1.53 bits per heavy atom. The molecular weight excluding hydrogens is 231 g/mol. The second-order valence-electron chi connectivity index (χ2n) is 3.33. The van der Waals surface area contributed by atoms with Gasteiger partial charge in [0.2, 0.25) is 0 Å². The van der Waals surface area contributed by atoms with E-state index in [9.17, 15) is 18.0 Å². The second kappa shape index (κ2) is 5.07. The molecule has 0 amide bonds. The summed E-state index contributed by atoms with van der Waals surface area (Å²) in [7, 11) is 0. The Bertz CT molecular complexity index is 234. The molecule has 1 rings (SSSR count). The van der Waals surface area contributed by atoms with Crippen LogP contribution >= 0.6 is 11.8 Å². The van der Waals surface area contributed by atoms with E-state index in [1.165, 1.54) is 0 Å². The molecular formula is C8H12F3NO2S. The van der Waals surface area contributed by atoms with E-state index in [1.54, 1.807) is 4.90 Å². The minimum atomic E-state index is -4.22. The average molecular weight is 243 g/mol. The topological polar surface area (TPSA) is 40.5 Å². The van der Waals surface area contributed by atoms with E-state index >= 15 is 0 Å². The highest BCUT2D eigenvalue weighted by Gasteiger charge is 2.32. The number of aliphatic carboxylic acids is 1. The number of rotatable bonds is 4. The normalized spacial score (nSPS) is 23.3. The van der Waals surface area contributed by atoms with Crippen molar-refractivity contribution in [1.82, 2.24) is 4.90 Å². The minimum Gasteiger partial charge on any atom is -0.480 e. The summed E-state index contributed by atoms with van der Waals surface area (Å²) in [6.07, 6.45) is 1.28. The molecule has 0 aromatic heterocycles. The van der Waals surface area contributed by atoms with E-state index in [1.807, 2.05) is 0 Å². The molecule has 1 saturated heterocycles. The molecule has 1 atom stereocenters.